The molecule has 2 aromatic carbocycles. The fourth-order valence-electron chi connectivity index (χ4n) is 3.66. The number of hydrogen-bond donors (Lipinski definition) is 1. The number of nitrogens with zero attached hydrogens (tertiary/aromatic N) is 1. The number of ether oxygens (including phenoxy) is 2. The summed E-state index contributed by atoms with van der Waals surface area (Å²) in [6.45, 7) is 5.19. The first kappa shape index (κ1) is 23.1. The molecule has 0 atom stereocenters. The van der Waals surface area contributed by atoms with E-state index >= 15 is 0 Å². The van der Waals surface area contributed by atoms with E-state index in [1.54, 1.807) is 47.6 Å². The number of amides is 1. The highest BCUT2D eigenvalue weighted by Gasteiger charge is 2.27. The molecule has 1 heterocycles. The Hall–Kier alpha value is -2.58. The third-order valence-corrected chi connectivity index (χ3v) is 7.40. The molecule has 3 rings (SSSR count). The average Bonchev–Trinajstić information content (AvgIpc) is 3.05. The van der Waals surface area contributed by atoms with Gasteiger partial charge in [0.25, 0.3) is 5.91 Å². The molecule has 8 heteroatoms. The van der Waals surface area contributed by atoms with Crippen molar-refractivity contribution in [1.29, 1.82) is 0 Å². The highest BCUT2D eigenvalue weighted by Crippen LogP contribution is 2.29. The fraction of sp³-hybridized carbons (Fsp3) is 0.435. The van der Waals surface area contributed by atoms with Gasteiger partial charge in [0.1, 0.15) is 0 Å². The minimum Gasteiger partial charge on any atom is -0.493 e. The molecule has 0 aromatic heterocycles. The molecule has 0 saturated carbocycles. The standard InChI is InChI=1S/C23H30N2O5S/c1-4-30-20-12-10-18(15-21(20)29-3)23(26)24-19-11-9-17(2)22(16-19)31(27,28)25-13-7-5-6-8-14-25/h9-12,15-16H,4-8,13-14H2,1-3H3,(H,24,26). The zero-order valence-electron chi connectivity index (χ0n) is 18.3. The summed E-state index contributed by atoms with van der Waals surface area (Å²) in [4.78, 5) is 13.0. The first-order valence-corrected chi connectivity index (χ1v) is 12.0. The Morgan fingerprint density at radius 3 is 2.39 bits per heavy atom. The monoisotopic (exact) mass is 446 g/mol. The number of anilines is 1. The number of nitrogens with one attached hydrogen (secondary N) is 1. The minimum absolute atomic E-state index is 0.233. The van der Waals surface area contributed by atoms with Crippen LogP contribution in [-0.4, -0.2) is 45.4 Å². The normalized spacial score (nSPS) is 15.2. The molecule has 1 N–H and O–H groups in total. The third-order valence-electron chi connectivity index (χ3n) is 5.35. The van der Waals surface area contributed by atoms with Crippen molar-refractivity contribution in [1.82, 2.24) is 4.31 Å². The summed E-state index contributed by atoms with van der Waals surface area (Å²) >= 11 is 0. The molecule has 0 radical (unpaired) electrons. The summed E-state index contributed by atoms with van der Waals surface area (Å²) in [6.07, 6.45) is 3.84. The van der Waals surface area contributed by atoms with Gasteiger partial charge in [-0.25, -0.2) is 8.42 Å². The molecule has 2 aromatic rings. The summed E-state index contributed by atoms with van der Waals surface area (Å²) in [6, 6.07) is 9.90. The van der Waals surface area contributed by atoms with Gasteiger partial charge in [-0.05, 0) is 62.6 Å². The molecule has 0 spiro atoms. The Labute approximate surface area is 184 Å². The van der Waals surface area contributed by atoms with E-state index in [0.29, 0.717) is 48.0 Å². The Morgan fingerprint density at radius 2 is 1.74 bits per heavy atom. The molecule has 0 aliphatic carbocycles. The smallest absolute Gasteiger partial charge is 0.255 e. The largest absolute Gasteiger partial charge is 0.493 e. The minimum atomic E-state index is -3.62. The predicted molar refractivity (Wildman–Crippen MR) is 121 cm³/mol. The van der Waals surface area contributed by atoms with Crippen molar-refractivity contribution in [3.8, 4) is 11.5 Å². The second-order valence-electron chi connectivity index (χ2n) is 7.55. The summed E-state index contributed by atoms with van der Waals surface area (Å²) < 4.78 is 38.8. The lowest BCUT2D eigenvalue weighted by atomic mass is 10.1. The van der Waals surface area contributed by atoms with E-state index in [1.807, 2.05) is 6.92 Å². The van der Waals surface area contributed by atoms with E-state index < -0.39 is 10.0 Å². The zero-order valence-corrected chi connectivity index (χ0v) is 19.1. The van der Waals surface area contributed by atoms with Gasteiger partial charge in [-0.1, -0.05) is 18.9 Å². The second kappa shape index (κ2) is 10.2. The molecule has 0 unspecified atom stereocenters. The molecule has 1 aliphatic rings. The SMILES string of the molecule is CCOc1ccc(C(=O)Nc2ccc(C)c(S(=O)(=O)N3CCCCCC3)c2)cc1OC. The maximum absolute atomic E-state index is 13.2. The summed E-state index contributed by atoms with van der Waals surface area (Å²) in [5.74, 6) is 0.661. The predicted octanol–water partition coefficient (Wildman–Crippen LogP) is 4.22. The van der Waals surface area contributed by atoms with Gasteiger partial charge in [0.15, 0.2) is 11.5 Å². The van der Waals surface area contributed by atoms with Gasteiger partial charge in [0, 0.05) is 24.3 Å². The fourth-order valence-corrected chi connectivity index (χ4v) is 5.43. The Kier molecular flexibility index (Phi) is 7.56. The van der Waals surface area contributed by atoms with Crippen molar-refractivity contribution in [3.63, 3.8) is 0 Å². The summed E-state index contributed by atoms with van der Waals surface area (Å²) in [5.41, 5.74) is 1.47. The first-order chi connectivity index (χ1) is 14.9. The lowest BCUT2D eigenvalue weighted by molar-refractivity contribution is 0.102. The Bertz CT molecular complexity index is 1030. The average molecular weight is 447 g/mol. The number of sulfonamides is 1. The molecule has 1 fully saturated rings. The van der Waals surface area contributed by atoms with Crippen LogP contribution in [0.2, 0.25) is 0 Å². The maximum Gasteiger partial charge on any atom is 0.255 e. The third kappa shape index (κ3) is 5.37. The van der Waals surface area contributed by atoms with E-state index in [-0.39, 0.29) is 10.8 Å². The number of aryl methyl sites for hydroxylation is 1. The van der Waals surface area contributed by atoms with Crippen LogP contribution < -0.4 is 14.8 Å². The van der Waals surface area contributed by atoms with Gasteiger partial charge in [-0.2, -0.15) is 4.31 Å². The molecule has 7 nitrogen and oxygen atoms in total. The molecular formula is C23H30N2O5S. The molecular weight excluding hydrogens is 416 g/mol. The van der Waals surface area contributed by atoms with Crippen LogP contribution in [0, 0.1) is 6.92 Å². The molecule has 0 bridgehead atoms. The summed E-state index contributed by atoms with van der Waals surface area (Å²) in [5, 5.41) is 2.80. The van der Waals surface area contributed by atoms with Gasteiger partial charge in [0.2, 0.25) is 10.0 Å². The first-order valence-electron chi connectivity index (χ1n) is 10.6. The van der Waals surface area contributed by atoms with Crippen LogP contribution in [0.25, 0.3) is 0 Å². The lowest BCUT2D eigenvalue weighted by Crippen LogP contribution is -2.32. The van der Waals surface area contributed by atoms with Crippen molar-refractivity contribution in [2.24, 2.45) is 0 Å². The molecule has 1 saturated heterocycles. The van der Waals surface area contributed by atoms with Crippen LogP contribution in [0.4, 0.5) is 5.69 Å². The highest BCUT2D eigenvalue weighted by atomic mass is 32.2. The number of carbonyl (C=O) groups excluding carboxylic acids is 1. The van der Waals surface area contributed by atoms with Gasteiger partial charge in [0.05, 0.1) is 18.6 Å². The number of benzene rings is 2. The molecule has 1 amide bonds. The quantitative estimate of drug-likeness (QED) is 0.688. The van der Waals surface area contributed by atoms with Crippen LogP contribution in [0.1, 0.15) is 48.5 Å². The second-order valence-corrected chi connectivity index (χ2v) is 9.46. The van der Waals surface area contributed by atoms with Crippen LogP contribution in [0.15, 0.2) is 41.3 Å². The van der Waals surface area contributed by atoms with E-state index in [4.69, 9.17) is 9.47 Å². The topological polar surface area (TPSA) is 84.9 Å². The van der Waals surface area contributed by atoms with Crippen molar-refractivity contribution in [2.45, 2.75) is 44.4 Å². The number of rotatable bonds is 7. The van der Waals surface area contributed by atoms with Crippen molar-refractivity contribution < 1.29 is 22.7 Å². The highest BCUT2D eigenvalue weighted by molar-refractivity contribution is 7.89. The van der Waals surface area contributed by atoms with E-state index in [2.05, 4.69) is 5.32 Å². The Morgan fingerprint density at radius 1 is 1.03 bits per heavy atom. The van der Waals surface area contributed by atoms with E-state index in [0.717, 1.165) is 25.7 Å². The van der Waals surface area contributed by atoms with E-state index in [9.17, 15) is 13.2 Å². The molecule has 1 aliphatic heterocycles. The number of hydrogen-bond acceptors (Lipinski definition) is 5. The Balaban J connectivity index is 1.84. The van der Waals surface area contributed by atoms with Crippen molar-refractivity contribution >= 4 is 21.6 Å². The van der Waals surface area contributed by atoms with Crippen LogP contribution in [0.5, 0.6) is 11.5 Å². The van der Waals surface area contributed by atoms with Crippen molar-refractivity contribution in [3.05, 3.63) is 47.5 Å². The number of carbonyl (C=O) groups is 1. The maximum atomic E-state index is 13.2. The van der Waals surface area contributed by atoms with Crippen LogP contribution in [-0.2, 0) is 10.0 Å². The molecule has 31 heavy (non-hydrogen) atoms. The van der Waals surface area contributed by atoms with Crippen LogP contribution in [0.3, 0.4) is 0 Å². The van der Waals surface area contributed by atoms with Gasteiger partial charge >= 0.3 is 0 Å². The number of methoxy groups -OCH3 is 1. The van der Waals surface area contributed by atoms with Crippen molar-refractivity contribution in [2.75, 3.05) is 32.1 Å². The molecule has 168 valence electrons. The zero-order chi connectivity index (χ0) is 22.4. The van der Waals surface area contributed by atoms with Gasteiger partial charge in [-0.15, -0.1) is 0 Å². The van der Waals surface area contributed by atoms with E-state index in [1.165, 1.54) is 7.11 Å². The lowest BCUT2D eigenvalue weighted by Gasteiger charge is -2.21. The van der Waals surface area contributed by atoms with Gasteiger partial charge < -0.3 is 14.8 Å². The van der Waals surface area contributed by atoms with Crippen LogP contribution >= 0.6 is 0 Å². The summed E-state index contributed by atoms with van der Waals surface area (Å²) in [7, 11) is -2.10. The van der Waals surface area contributed by atoms with Gasteiger partial charge in [-0.3, -0.25) is 4.79 Å².